The Kier molecular flexibility index (Phi) is 15.4. The molecule has 0 atom stereocenters. The molecule has 0 aliphatic carbocycles. The normalized spacial score (nSPS) is 10.4. The zero-order valence-corrected chi connectivity index (χ0v) is 23.5. The first-order valence-corrected chi connectivity index (χ1v) is 12.8. The van der Waals surface area contributed by atoms with E-state index >= 15 is 0 Å². The van der Waals surface area contributed by atoms with Gasteiger partial charge in [0.2, 0.25) is 0 Å². The van der Waals surface area contributed by atoms with Gasteiger partial charge in [0.25, 0.3) is 0 Å². The van der Waals surface area contributed by atoms with E-state index < -0.39 is 0 Å². The second-order valence-corrected chi connectivity index (χ2v) is 8.07. The molecule has 2 aromatic rings. The lowest BCUT2D eigenvalue weighted by atomic mass is 9.95. The Balaban J connectivity index is 0.00000258. The van der Waals surface area contributed by atoms with Gasteiger partial charge in [-0.3, -0.25) is 4.99 Å². The minimum absolute atomic E-state index is 0.930. The van der Waals surface area contributed by atoms with Gasteiger partial charge in [0.15, 0.2) is 0 Å². The third-order valence-corrected chi connectivity index (χ3v) is 5.36. The van der Waals surface area contributed by atoms with Crippen LogP contribution in [0, 0.1) is 6.92 Å². The predicted octanol–water partition coefficient (Wildman–Crippen LogP) is 8.62. The van der Waals surface area contributed by atoms with E-state index in [4.69, 9.17) is 0 Å². The summed E-state index contributed by atoms with van der Waals surface area (Å²) in [6, 6.07) is 11.0. The van der Waals surface area contributed by atoms with Crippen LogP contribution in [0.4, 0.5) is 0 Å². The third kappa shape index (κ3) is 9.21. The highest BCUT2D eigenvalue weighted by molar-refractivity contribution is 5.68. The SMILES string of the molecule is C=C(C)N(CCCc1cc(C)ccc1-c1ccc(=NC)n(C(=C)CCC)c1)C(=C)C.CC.CC. The topological polar surface area (TPSA) is 20.5 Å². The molecule has 2 rings (SSSR count). The molecule has 0 N–H and O–H groups in total. The maximum atomic E-state index is 4.43. The Hall–Kier alpha value is -2.81. The van der Waals surface area contributed by atoms with Crippen molar-refractivity contribution in [1.82, 2.24) is 9.47 Å². The lowest BCUT2D eigenvalue weighted by molar-refractivity contribution is 0.422. The fourth-order valence-corrected chi connectivity index (χ4v) is 3.84. The van der Waals surface area contributed by atoms with Gasteiger partial charge in [-0.05, 0) is 68.9 Å². The summed E-state index contributed by atoms with van der Waals surface area (Å²) in [5.74, 6) is 0. The molecule has 188 valence electrons. The predicted molar refractivity (Wildman–Crippen MR) is 154 cm³/mol. The molecule has 1 aromatic heterocycles. The van der Waals surface area contributed by atoms with Crippen LogP contribution in [0.2, 0.25) is 0 Å². The van der Waals surface area contributed by atoms with E-state index in [0.29, 0.717) is 0 Å². The van der Waals surface area contributed by atoms with Gasteiger partial charge in [-0.2, -0.15) is 0 Å². The van der Waals surface area contributed by atoms with E-state index in [1.54, 1.807) is 0 Å². The minimum atomic E-state index is 0.930. The van der Waals surface area contributed by atoms with Crippen LogP contribution in [0.1, 0.15) is 78.9 Å². The molecule has 0 unspecified atom stereocenters. The van der Waals surface area contributed by atoms with Crippen molar-refractivity contribution < 1.29 is 0 Å². The summed E-state index contributed by atoms with van der Waals surface area (Å²) < 4.78 is 2.13. The number of hydrogen-bond donors (Lipinski definition) is 0. The lowest BCUT2D eigenvalue weighted by Gasteiger charge is -2.25. The summed E-state index contributed by atoms with van der Waals surface area (Å²) >= 11 is 0. The zero-order valence-electron chi connectivity index (χ0n) is 23.5. The molecule has 3 nitrogen and oxygen atoms in total. The Morgan fingerprint density at radius 1 is 0.971 bits per heavy atom. The van der Waals surface area contributed by atoms with Crippen molar-refractivity contribution in [3.8, 4) is 11.1 Å². The maximum absolute atomic E-state index is 4.43. The average Bonchev–Trinajstić information content (AvgIpc) is 2.83. The minimum Gasteiger partial charge on any atom is -0.350 e. The van der Waals surface area contributed by atoms with E-state index in [1.807, 2.05) is 48.6 Å². The fraction of sp³-hybridized carbons (Fsp3) is 0.452. The summed E-state index contributed by atoms with van der Waals surface area (Å²) in [5, 5.41) is 0. The van der Waals surface area contributed by atoms with Crippen molar-refractivity contribution in [2.45, 2.75) is 81.1 Å². The highest BCUT2D eigenvalue weighted by atomic mass is 15.1. The van der Waals surface area contributed by atoms with E-state index in [1.165, 1.54) is 22.3 Å². The first-order valence-electron chi connectivity index (χ1n) is 12.8. The van der Waals surface area contributed by atoms with Gasteiger partial charge in [0, 0.05) is 36.9 Å². The standard InChI is InChI=1S/C27H37N3.2C2H6/c1-9-11-23(7)30-19-25(14-16-27(30)28-8)26-15-13-22(6)18-24(26)12-10-17-29(20(2)3)21(4)5;2*1-2/h13-16,18-19H,2,4,7,9-12,17H2,1,3,5-6,8H3;2*1-2H3. The number of nitrogens with zero attached hydrogens (tertiary/aromatic N) is 3. The maximum Gasteiger partial charge on any atom is 0.131 e. The van der Waals surface area contributed by atoms with Gasteiger partial charge >= 0.3 is 0 Å². The molecule has 0 saturated heterocycles. The van der Waals surface area contributed by atoms with Crippen LogP contribution in [-0.4, -0.2) is 23.1 Å². The Labute approximate surface area is 210 Å². The van der Waals surface area contributed by atoms with Crippen molar-refractivity contribution in [3.05, 3.63) is 84.3 Å². The number of aryl methyl sites for hydroxylation is 2. The molecule has 0 radical (unpaired) electrons. The number of pyridine rings is 1. The molecule has 0 spiro atoms. The van der Waals surface area contributed by atoms with Crippen LogP contribution < -0.4 is 5.49 Å². The number of aromatic nitrogens is 1. The monoisotopic (exact) mass is 463 g/mol. The zero-order chi connectivity index (χ0) is 26.3. The van der Waals surface area contributed by atoms with Crippen LogP contribution in [0.25, 0.3) is 16.8 Å². The van der Waals surface area contributed by atoms with Crippen molar-refractivity contribution in [1.29, 1.82) is 0 Å². The Morgan fingerprint density at radius 2 is 1.59 bits per heavy atom. The second kappa shape index (κ2) is 16.7. The van der Waals surface area contributed by atoms with Crippen molar-refractivity contribution in [2.24, 2.45) is 4.99 Å². The molecule has 0 saturated carbocycles. The molecule has 0 bridgehead atoms. The Bertz CT molecular complexity index is 978. The number of allylic oxidation sites excluding steroid dienone is 3. The molecule has 3 heteroatoms. The van der Waals surface area contributed by atoms with Gasteiger partial charge < -0.3 is 9.47 Å². The van der Waals surface area contributed by atoms with Crippen LogP contribution in [0.3, 0.4) is 0 Å². The van der Waals surface area contributed by atoms with Gasteiger partial charge in [-0.1, -0.05) is 84.5 Å². The Morgan fingerprint density at radius 3 is 2.12 bits per heavy atom. The molecule has 0 aliphatic heterocycles. The molecule has 34 heavy (non-hydrogen) atoms. The summed E-state index contributed by atoms with van der Waals surface area (Å²) in [6.07, 6.45) is 6.25. The van der Waals surface area contributed by atoms with Crippen molar-refractivity contribution in [3.63, 3.8) is 0 Å². The molecular formula is C31H49N3. The summed E-state index contributed by atoms with van der Waals surface area (Å²) in [7, 11) is 1.83. The van der Waals surface area contributed by atoms with Gasteiger partial charge in [0.1, 0.15) is 5.49 Å². The van der Waals surface area contributed by atoms with Gasteiger partial charge in [-0.25, -0.2) is 0 Å². The van der Waals surface area contributed by atoms with E-state index in [9.17, 15) is 0 Å². The molecule has 1 aromatic carbocycles. The first kappa shape index (κ1) is 31.2. The second-order valence-electron chi connectivity index (χ2n) is 8.07. The van der Waals surface area contributed by atoms with Crippen LogP contribution >= 0.6 is 0 Å². The number of rotatable bonds is 10. The summed E-state index contributed by atoms with van der Waals surface area (Å²) in [5.41, 5.74) is 9.23. The smallest absolute Gasteiger partial charge is 0.131 e. The fourth-order valence-electron chi connectivity index (χ4n) is 3.84. The van der Waals surface area contributed by atoms with Gasteiger partial charge in [-0.15, -0.1) is 0 Å². The van der Waals surface area contributed by atoms with Crippen LogP contribution in [0.5, 0.6) is 0 Å². The van der Waals surface area contributed by atoms with Crippen molar-refractivity contribution >= 4 is 5.70 Å². The summed E-state index contributed by atoms with van der Waals surface area (Å²) in [4.78, 5) is 6.62. The summed E-state index contributed by atoms with van der Waals surface area (Å²) in [6.45, 7) is 29.8. The highest BCUT2D eigenvalue weighted by Gasteiger charge is 2.10. The highest BCUT2D eigenvalue weighted by Crippen LogP contribution is 2.26. The van der Waals surface area contributed by atoms with Crippen LogP contribution in [-0.2, 0) is 6.42 Å². The molecular weight excluding hydrogens is 414 g/mol. The average molecular weight is 464 g/mol. The molecule has 0 fully saturated rings. The van der Waals surface area contributed by atoms with Crippen molar-refractivity contribution in [2.75, 3.05) is 13.6 Å². The largest absolute Gasteiger partial charge is 0.350 e. The molecule has 0 aliphatic rings. The quantitative estimate of drug-likeness (QED) is 0.345. The molecule has 1 heterocycles. The van der Waals surface area contributed by atoms with Gasteiger partial charge in [0.05, 0.1) is 0 Å². The van der Waals surface area contributed by atoms with Crippen LogP contribution in [0.15, 0.2) is 72.7 Å². The number of hydrogen-bond acceptors (Lipinski definition) is 2. The first-order chi connectivity index (χ1) is 16.3. The number of benzene rings is 1. The van der Waals surface area contributed by atoms with E-state index in [0.717, 1.165) is 54.8 Å². The molecule has 0 amide bonds. The third-order valence-electron chi connectivity index (χ3n) is 5.36. The van der Waals surface area contributed by atoms with E-state index in [2.05, 4.69) is 84.6 Å². The van der Waals surface area contributed by atoms with E-state index in [-0.39, 0.29) is 0 Å². The lowest BCUT2D eigenvalue weighted by Crippen LogP contribution is -2.20.